The molecule has 2 heteroatoms. The zero-order valence-corrected chi connectivity index (χ0v) is 6.73. The molecule has 1 aliphatic heterocycles. The minimum atomic E-state index is 0.0578. The van der Waals surface area contributed by atoms with E-state index in [1.165, 1.54) is 0 Å². The summed E-state index contributed by atoms with van der Waals surface area (Å²) in [6.45, 7) is 0.540. The van der Waals surface area contributed by atoms with Gasteiger partial charge in [-0.15, -0.1) is 0 Å². The van der Waals surface area contributed by atoms with Crippen molar-refractivity contribution in [3.8, 4) is 0 Å². The van der Waals surface area contributed by atoms with Crippen LogP contribution in [0.25, 0.3) is 0 Å². The Kier molecular flexibility index (Phi) is 1.84. The van der Waals surface area contributed by atoms with Gasteiger partial charge in [-0.2, -0.15) is 0 Å². The van der Waals surface area contributed by atoms with Crippen molar-refractivity contribution in [1.29, 1.82) is 0 Å². The second kappa shape index (κ2) is 2.99. The highest BCUT2D eigenvalue weighted by Crippen LogP contribution is 2.25. The molecule has 0 aromatic carbocycles. The molecule has 0 aromatic heterocycles. The van der Waals surface area contributed by atoms with E-state index >= 15 is 0 Å². The molecule has 2 N–H and O–H groups in total. The van der Waals surface area contributed by atoms with Gasteiger partial charge in [-0.3, -0.25) is 0 Å². The largest absolute Gasteiger partial charge is 0.484 e. The summed E-state index contributed by atoms with van der Waals surface area (Å²) in [6.07, 6.45) is 12.0. The average Bonchev–Trinajstić information content (AvgIpc) is 2.37. The molecule has 0 saturated carbocycles. The summed E-state index contributed by atoms with van der Waals surface area (Å²) in [6, 6.07) is 0. The van der Waals surface area contributed by atoms with Gasteiger partial charge in [-0.05, 0) is 12.2 Å². The highest BCUT2D eigenvalue weighted by atomic mass is 16.5. The third-order valence-corrected chi connectivity index (χ3v) is 1.91. The Hall–Kier alpha value is -1.28. The van der Waals surface area contributed by atoms with Crippen molar-refractivity contribution in [2.45, 2.75) is 6.10 Å². The van der Waals surface area contributed by atoms with Gasteiger partial charge in [0.2, 0.25) is 0 Å². The minimum Gasteiger partial charge on any atom is -0.484 e. The van der Waals surface area contributed by atoms with E-state index < -0.39 is 0 Å². The summed E-state index contributed by atoms with van der Waals surface area (Å²) in [7, 11) is 0. The summed E-state index contributed by atoms with van der Waals surface area (Å²) >= 11 is 0. The fraction of sp³-hybridized carbons (Fsp3) is 0.200. The lowest BCUT2D eigenvalue weighted by atomic mass is 10.2. The van der Waals surface area contributed by atoms with Crippen molar-refractivity contribution in [2.24, 2.45) is 5.73 Å². The van der Waals surface area contributed by atoms with E-state index in [4.69, 9.17) is 10.5 Å². The van der Waals surface area contributed by atoms with Crippen LogP contribution in [0.3, 0.4) is 0 Å². The van der Waals surface area contributed by atoms with Gasteiger partial charge in [0, 0.05) is 12.1 Å². The van der Waals surface area contributed by atoms with E-state index in [1.807, 2.05) is 30.4 Å². The normalized spacial score (nSPS) is 25.6. The van der Waals surface area contributed by atoms with Crippen LogP contribution in [-0.4, -0.2) is 12.6 Å². The van der Waals surface area contributed by atoms with Crippen LogP contribution in [0.5, 0.6) is 0 Å². The zero-order chi connectivity index (χ0) is 8.39. The maximum absolute atomic E-state index is 5.54. The summed E-state index contributed by atoms with van der Waals surface area (Å²) < 4.78 is 5.54. The molecular formula is C10H11NO. The monoisotopic (exact) mass is 161 g/mol. The second-order valence-electron chi connectivity index (χ2n) is 2.79. The molecule has 0 bridgehead atoms. The van der Waals surface area contributed by atoms with Gasteiger partial charge in [0.15, 0.2) is 0 Å². The Morgan fingerprint density at radius 1 is 1.33 bits per heavy atom. The Balaban J connectivity index is 2.29. The Labute approximate surface area is 71.7 Å². The van der Waals surface area contributed by atoms with Crippen LogP contribution in [-0.2, 0) is 4.74 Å². The van der Waals surface area contributed by atoms with Gasteiger partial charge in [-0.25, -0.2) is 0 Å². The highest BCUT2D eigenvalue weighted by molar-refractivity contribution is 5.45. The first-order valence-corrected chi connectivity index (χ1v) is 4.04. The number of ether oxygens (including phenoxy) is 1. The van der Waals surface area contributed by atoms with Gasteiger partial charge in [0.1, 0.15) is 11.9 Å². The Morgan fingerprint density at radius 2 is 2.25 bits per heavy atom. The minimum absolute atomic E-state index is 0.0578. The molecule has 0 radical (unpaired) electrons. The predicted octanol–water partition coefficient (Wildman–Crippen LogP) is 1.28. The third kappa shape index (κ3) is 1.21. The number of hydrogen-bond donors (Lipinski definition) is 1. The zero-order valence-electron chi connectivity index (χ0n) is 6.73. The van der Waals surface area contributed by atoms with Crippen LogP contribution in [0.15, 0.2) is 47.8 Å². The first-order valence-electron chi connectivity index (χ1n) is 4.04. The third-order valence-electron chi connectivity index (χ3n) is 1.91. The maximum Gasteiger partial charge on any atom is 0.130 e. The lowest BCUT2D eigenvalue weighted by Crippen LogP contribution is -2.17. The molecule has 2 rings (SSSR count). The van der Waals surface area contributed by atoms with Crippen LogP contribution in [0.2, 0.25) is 0 Å². The summed E-state index contributed by atoms with van der Waals surface area (Å²) in [5.41, 5.74) is 6.62. The quantitative estimate of drug-likeness (QED) is 0.628. The molecule has 0 saturated heterocycles. The lowest BCUT2D eigenvalue weighted by Gasteiger charge is -2.06. The number of rotatable bonds is 1. The summed E-state index contributed by atoms with van der Waals surface area (Å²) in [5, 5.41) is 0. The van der Waals surface area contributed by atoms with E-state index in [0.717, 1.165) is 11.3 Å². The van der Waals surface area contributed by atoms with Crippen molar-refractivity contribution < 1.29 is 4.74 Å². The summed E-state index contributed by atoms with van der Waals surface area (Å²) in [5.74, 6) is 0.926. The fourth-order valence-corrected chi connectivity index (χ4v) is 1.30. The van der Waals surface area contributed by atoms with Gasteiger partial charge in [0.05, 0.1) is 0 Å². The van der Waals surface area contributed by atoms with Gasteiger partial charge >= 0.3 is 0 Å². The molecule has 0 spiro atoms. The van der Waals surface area contributed by atoms with E-state index in [2.05, 4.69) is 6.08 Å². The molecule has 2 nitrogen and oxygen atoms in total. The SMILES string of the molecule is NCC1C=C2C=CC=CC=C2O1. The number of allylic oxidation sites excluding steroid dienone is 5. The Bertz CT molecular complexity index is 297. The van der Waals surface area contributed by atoms with Crippen LogP contribution in [0.1, 0.15) is 0 Å². The first kappa shape index (κ1) is 7.37. The van der Waals surface area contributed by atoms with Crippen LogP contribution < -0.4 is 5.73 Å². The molecule has 0 amide bonds. The van der Waals surface area contributed by atoms with Gasteiger partial charge in [0.25, 0.3) is 0 Å². The lowest BCUT2D eigenvalue weighted by molar-refractivity contribution is 0.187. The molecule has 1 atom stereocenters. The van der Waals surface area contributed by atoms with E-state index in [9.17, 15) is 0 Å². The molecular weight excluding hydrogens is 150 g/mol. The molecule has 2 aliphatic rings. The van der Waals surface area contributed by atoms with Gasteiger partial charge < -0.3 is 10.5 Å². The molecule has 0 fully saturated rings. The maximum atomic E-state index is 5.54. The standard InChI is InChI=1S/C10H11NO/c11-7-9-6-8-4-2-1-3-5-10(8)12-9/h1-6,9H,7,11H2. The summed E-state index contributed by atoms with van der Waals surface area (Å²) in [4.78, 5) is 0. The molecule has 1 unspecified atom stereocenters. The topological polar surface area (TPSA) is 35.2 Å². The second-order valence-corrected chi connectivity index (χ2v) is 2.79. The van der Waals surface area contributed by atoms with E-state index in [1.54, 1.807) is 0 Å². The number of fused-ring (bicyclic) bond motifs is 1. The van der Waals surface area contributed by atoms with Crippen molar-refractivity contribution >= 4 is 0 Å². The van der Waals surface area contributed by atoms with Crippen molar-refractivity contribution in [2.75, 3.05) is 6.54 Å². The van der Waals surface area contributed by atoms with Crippen molar-refractivity contribution in [3.63, 3.8) is 0 Å². The van der Waals surface area contributed by atoms with Crippen LogP contribution in [0, 0.1) is 0 Å². The Morgan fingerprint density at radius 3 is 3.08 bits per heavy atom. The molecule has 1 heterocycles. The first-order chi connectivity index (χ1) is 5.90. The van der Waals surface area contributed by atoms with Gasteiger partial charge in [-0.1, -0.05) is 24.3 Å². The molecule has 1 aliphatic carbocycles. The predicted molar refractivity (Wildman–Crippen MR) is 48.4 cm³/mol. The highest BCUT2D eigenvalue weighted by Gasteiger charge is 2.18. The smallest absolute Gasteiger partial charge is 0.130 e. The van der Waals surface area contributed by atoms with Crippen LogP contribution in [0.4, 0.5) is 0 Å². The van der Waals surface area contributed by atoms with E-state index in [0.29, 0.717) is 6.54 Å². The van der Waals surface area contributed by atoms with Crippen molar-refractivity contribution in [3.05, 3.63) is 47.8 Å². The van der Waals surface area contributed by atoms with E-state index in [-0.39, 0.29) is 6.10 Å². The van der Waals surface area contributed by atoms with Crippen molar-refractivity contribution in [1.82, 2.24) is 0 Å². The molecule has 12 heavy (non-hydrogen) atoms. The van der Waals surface area contributed by atoms with Crippen LogP contribution >= 0.6 is 0 Å². The number of nitrogens with two attached hydrogens (primary N) is 1. The number of hydrogen-bond acceptors (Lipinski definition) is 2. The average molecular weight is 161 g/mol. The fourth-order valence-electron chi connectivity index (χ4n) is 1.30. The molecule has 62 valence electrons. The molecule has 0 aromatic rings.